The third-order valence-corrected chi connectivity index (χ3v) is 5.46. The first-order valence-corrected chi connectivity index (χ1v) is 9.01. The van der Waals surface area contributed by atoms with E-state index < -0.39 is 27.0 Å². The highest BCUT2D eigenvalue weighted by Gasteiger charge is 2.37. The Hall–Kier alpha value is -2.45. The summed E-state index contributed by atoms with van der Waals surface area (Å²) in [6.45, 7) is 2.72. The van der Waals surface area contributed by atoms with Gasteiger partial charge in [0.2, 0.25) is 16.6 Å². The van der Waals surface area contributed by atoms with E-state index in [0.29, 0.717) is 11.3 Å². The minimum atomic E-state index is -3.94. The minimum Gasteiger partial charge on any atom is -0.497 e. The number of rotatable bonds is 7. The molecule has 0 fully saturated rings. The van der Waals surface area contributed by atoms with E-state index in [1.54, 1.807) is 36.4 Å². The molecule has 0 aliphatic rings. The number of nitro groups is 1. The first-order valence-electron chi connectivity index (χ1n) is 7.53. The molecule has 2 rings (SSSR count). The Morgan fingerprint density at radius 1 is 1.20 bits per heavy atom. The molecule has 0 saturated heterocycles. The fourth-order valence-corrected chi connectivity index (χ4v) is 3.87. The highest BCUT2D eigenvalue weighted by atomic mass is 32.2. The molecule has 8 heteroatoms. The van der Waals surface area contributed by atoms with Gasteiger partial charge in [0.25, 0.3) is 0 Å². The van der Waals surface area contributed by atoms with Gasteiger partial charge in [-0.15, -0.1) is 0 Å². The van der Waals surface area contributed by atoms with E-state index in [9.17, 15) is 18.5 Å². The molecule has 0 aromatic heterocycles. The maximum atomic E-state index is 12.7. The Labute approximate surface area is 146 Å². The smallest absolute Gasteiger partial charge is 0.241 e. The molecule has 0 unspecified atom stereocenters. The molecule has 1 atom stereocenters. The molecule has 0 saturated carbocycles. The zero-order chi connectivity index (χ0) is 18.7. The standard InChI is InChI=1S/C17H20N2O5S/c1-13-7-9-16(10-8-13)25(22,23)18-17(2,12-19(20)21)14-5-4-6-15(11-14)24-3/h4-11,18H,12H2,1-3H3/t17-/m1/s1. The number of benzene rings is 2. The summed E-state index contributed by atoms with van der Waals surface area (Å²) in [5, 5.41) is 11.1. The second-order valence-electron chi connectivity index (χ2n) is 5.97. The molecule has 0 radical (unpaired) electrons. The Balaban J connectivity index is 2.46. The van der Waals surface area contributed by atoms with Crippen molar-refractivity contribution in [1.82, 2.24) is 4.72 Å². The summed E-state index contributed by atoms with van der Waals surface area (Å²) in [6, 6.07) is 12.8. The lowest BCUT2D eigenvalue weighted by Gasteiger charge is -2.27. The summed E-state index contributed by atoms with van der Waals surface area (Å²) < 4.78 is 33.0. The van der Waals surface area contributed by atoms with Crippen molar-refractivity contribution in [2.75, 3.05) is 13.7 Å². The molecule has 2 aromatic carbocycles. The lowest BCUT2D eigenvalue weighted by Crippen LogP contribution is -2.48. The van der Waals surface area contributed by atoms with Crippen LogP contribution in [0.5, 0.6) is 5.75 Å². The Kier molecular flexibility index (Phi) is 5.44. The zero-order valence-electron chi connectivity index (χ0n) is 14.2. The summed E-state index contributed by atoms with van der Waals surface area (Å²) in [5.74, 6) is 0.488. The number of hydrogen-bond donors (Lipinski definition) is 1. The molecule has 2 aromatic rings. The van der Waals surface area contributed by atoms with Crippen molar-refractivity contribution >= 4 is 10.0 Å². The number of sulfonamides is 1. The molecule has 1 N–H and O–H groups in total. The SMILES string of the molecule is COc1cccc([C@@](C)(C[N+](=O)[O-])NS(=O)(=O)c2ccc(C)cc2)c1. The molecule has 0 spiro atoms. The third-order valence-electron chi connectivity index (χ3n) is 3.84. The minimum absolute atomic E-state index is 0.0515. The van der Waals surface area contributed by atoms with Gasteiger partial charge in [-0.1, -0.05) is 29.8 Å². The van der Waals surface area contributed by atoms with Crippen molar-refractivity contribution < 1.29 is 18.1 Å². The van der Waals surface area contributed by atoms with Gasteiger partial charge in [-0.05, 0) is 43.7 Å². The van der Waals surface area contributed by atoms with Crippen molar-refractivity contribution in [3.05, 3.63) is 69.8 Å². The highest BCUT2D eigenvalue weighted by Crippen LogP contribution is 2.27. The van der Waals surface area contributed by atoms with Crippen LogP contribution >= 0.6 is 0 Å². The average molecular weight is 364 g/mol. The summed E-state index contributed by atoms with van der Waals surface area (Å²) in [4.78, 5) is 10.7. The van der Waals surface area contributed by atoms with Crippen LogP contribution in [0.4, 0.5) is 0 Å². The van der Waals surface area contributed by atoms with E-state index in [4.69, 9.17) is 4.74 Å². The van der Waals surface area contributed by atoms with E-state index >= 15 is 0 Å². The molecule has 7 nitrogen and oxygen atoms in total. The fourth-order valence-electron chi connectivity index (χ4n) is 2.48. The predicted octanol–water partition coefficient (Wildman–Crippen LogP) is 2.47. The first kappa shape index (κ1) is 18.9. The van der Waals surface area contributed by atoms with Gasteiger partial charge in [-0.25, -0.2) is 8.42 Å². The van der Waals surface area contributed by atoms with Gasteiger partial charge < -0.3 is 4.74 Å². The van der Waals surface area contributed by atoms with Crippen LogP contribution < -0.4 is 9.46 Å². The maximum Gasteiger partial charge on any atom is 0.241 e. The lowest BCUT2D eigenvalue weighted by molar-refractivity contribution is -0.490. The van der Waals surface area contributed by atoms with Crippen molar-refractivity contribution in [3.63, 3.8) is 0 Å². The van der Waals surface area contributed by atoms with Crippen LogP contribution in [0.1, 0.15) is 18.1 Å². The quantitative estimate of drug-likeness (QED) is 0.601. The number of ether oxygens (including phenoxy) is 1. The van der Waals surface area contributed by atoms with E-state index in [0.717, 1.165) is 5.56 Å². The molecular formula is C17H20N2O5S. The summed E-state index contributed by atoms with van der Waals surface area (Å²) in [6.07, 6.45) is 0. The Morgan fingerprint density at radius 2 is 1.84 bits per heavy atom. The summed E-state index contributed by atoms with van der Waals surface area (Å²) >= 11 is 0. The fraction of sp³-hybridized carbons (Fsp3) is 0.294. The normalized spacial score (nSPS) is 13.9. The molecule has 0 aliphatic heterocycles. The van der Waals surface area contributed by atoms with E-state index in [-0.39, 0.29) is 4.90 Å². The second-order valence-corrected chi connectivity index (χ2v) is 7.66. The van der Waals surface area contributed by atoms with Gasteiger partial charge in [0.05, 0.1) is 12.0 Å². The van der Waals surface area contributed by atoms with Gasteiger partial charge >= 0.3 is 0 Å². The molecule has 134 valence electrons. The van der Waals surface area contributed by atoms with E-state index in [2.05, 4.69) is 4.72 Å². The molecule has 0 amide bonds. The first-order chi connectivity index (χ1) is 11.7. The number of methoxy groups -OCH3 is 1. The van der Waals surface area contributed by atoms with Gasteiger partial charge in [0.1, 0.15) is 11.3 Å². The number of nitrogens with zero attached hydrogens (tertiary/aromatic N) is 1. The van der Waals surface area contributed by atoms with Crippen LogP contribution in [0.2, 0.25) is 0 Å². The monoisotopic (exact) mass is 364 g/mol. The molecule has 0 heterocycles. The molecule has 0 bridgehead atoms. The van der Waals surface area contributed by atoms with Crippen molar-refractivity contribution in [2.24, 2.45) is 0 Å². The maximum absolute atomic E-state index is 12.7. The van der Waals surface area contributed by atoms with Gasteiger partial charge in [-0.3, -0.25) is 10.1 Å². The van der Waals surface area contributed by atoms with Crippen molar-refractivity contribution in [2.45, 2.75) is 24.3 Å². The second kappa shape index (κ2) is 7.20. The van der Waals surface area contributed by atoms with Crippen molar-refractivity contribution in [3.8, 4) is 5.75 Å². The topological polar surface area (TPSA) is 98.5 Å². The number of nitrogens with one attached hydrogen (secondary N) is 1. The highest BCUT2D eigenvalue weighted by molar-refractivity contribution is 7.89. The Bertz CT molecular complexity index is 865. The van der Waals surface area contributed by atoms with Gasteiger partial charge in [0, 0.05) is 4.92 Å². The van der Waals surface area contributed by atoms with E-state index in [1.165, 1.54) is 26.2 Å². The predicted molar refractivity (Wildman–Crippen MR) is 93.7 cm³/mol. The zero-order valence-corrected chi connectivity index (χ0v) is 15.0. The van der Waals surface area contributed by atoms with Crippen LogP contribution in [0.15, 0.2) is 53.4 Å². The largest absolute Gasteiger partial charge is 0.497 e. The molecule has 0 aliphatic carbocycles. The summed E-state index contributed by atoms with van der Waals surface area (Å²) in [5.41, 5.74) is -0.0686. The van der Waals surface area contributed by atoms with Crippen LogP contribution in [0, 0.1) is 17.0 Å². The molecular weight excluding hydrogens is 344 g/mol. The van der Waals surface area contributed by atoms with E-state index in [1.807, 2.05) is 6.92 Å². The number of hydrogen-bond acceptors (Lipinski definition) is 5. The molecule has 25 heavy (non-hydrogen) atoms. The van der Waals surface area contributed by atoms with Crippen LogP contribution in [0.25, 0.3) is 0 Å². The van der Waals surface area contributed by atoms with Crippen LogP contribution in [-0.4, -0.2) is 27.0 Å². The Morgan fingerprint density at radius 3 is 2.40 bits per heavy atom. The van der Waals surface area contributed by atoms with Gasteiger partial charge in [-0.2, -0.15) is 4.72 Å². The summed E-state index contributed by atoms with van der Waals surface area (Å²) in [7, 11) is -2.47. The third kappa shape index (κ3) is 4.55. The lowest BCUT2D eigenvalue weighted by atomic mass is 9.93. The van der Waals surface area contributed by atoms with Gasteiger partial charge in [0.15, 0.2) is 0 Å². The van der Waals surface area contributed by atoms with Crippen LogP contribution in [-0.2, 0) is 15.6 Å². The average Bonchev–Trinajstić information content (AvgIpc) is 2.54. The van der Waals surface area contributed by atoms with Crippen molar-refractivity contribution in [1.29, 1.82) is 0 Å². The van der Waals surface area contributed by atoms with Crippen LogP contribution in [0.3, 0.4) is 0 Å². The number of aryl methyl sites for hydroxylation is 1.